The van der Waals surface area contributed by atoms with Gasteiger partial charge in [0.15, 0.2) is 0 Å². The molecule has 2 heterocycles. The highest BCUT2D eigenvalue weighted by molar-refractivity contribution is 6.02. The van der Waals surface area contributed by atoms with Crippen LogP contribution in [0.2, 0.25) is 0 Å². The van der Waals surface area contributed by atoms with E-state index in [4.69, 9.17) is 0 Å². The number of piperidine rings is 1. The van der Waals surface area contributed by atoms with Crippen LogP contribution in [0.15, 0.2) is 12.1 Å². The monoisotopic (exact) mass is 303 g/mol. The predicted octanol–water partition coefficient (Wildman–Crippen LogP) is 2.52. The van der Waals surface area contributed by atoms with E-state index in [2.05, 4.69) is 15.5 Å². The highest BCUT2D eigenvalue weighted by Crippen LogP contribution is 2.35. The van der Waals surface area contributed by atoms with Crippen LogP contribution in [0.4, 0.5) is 4.39 Å². The molecule has 0 spiro atoms. The van der Waals surface area contributed by atoms with Gasteiger partial charge in [-0.25, -0.2) is 4.39 Å². The molecule has 1 aliphatic heterocycles. The molecule has 2 N–H and O–H groups in total. The van der Waals surface area contributed by atoms with Gasteiger partial charge in [-0.15, -0.1) is 0 Å². The van der Waals surface area contributed by atoms with Gasteiger partial charge >= 0.3 is 0 Å². The number of hydrogen-bond donors (Lipinski definition) is 2. The molecule has 0 bridgehead atoms. The van der Waals surface area contributed by atoms with Crippen LogP contribution < -0.4 is 5.32 Å². The molecule has 1 aromatic carbocycles. The fraction of sp³-hybridized carbons (Fsp3) is 0.438. The second kappa shape index (κ2) is 4.90. The van der Waals surface area contributed by atoms with Crippen molar-refractivity contribution in [3.63, 3.8) is 0 Å². The van der Waals surface area contributed by atoms with Crippen molar-refractivity contribution in [2.24, 2.45) is 0 Å². The van der Waals surface area contributed by atoms with Crippen LogP contribution in [-0.4, -0.2) is 22.0 Å². The number of rotatable bonds is 1. The van der Waals surface area contributed by atoms with Crippen molar-refractivity contribution >= 4 is 22.7 Å². The zero-order chi connectivity index (χ0) is 16.1. The zero-order valence-electron chi connectivity index (χ0n) is 12.8. The van der Waals surface area contributed by atoms with Crippen molar-refractivity contribution in [1.82, 2.24) is 15.5 Å². The number of carbonyl (C=O) groups is 2. The average Bonchev–Trinajstić information content (AvgIpc) is 2.80. The second-order valence-corrected chi connectivity index (χ2v) is 6.74. The number of H-pyrrole nitrogens is 1. The van der Waals surface area contributed by atoms with Gasteiger partial charge in [-0.05, 0) is 29.5 Å². The first-order valence-electron chi connectivity index (χ1n) is 7.29. The Labute approximate surface area is 127 Å². The first kappa shape index (κ1) is 14.7. The van der Waals surface area contributed by atoms with Crippen LogP contribution >= 0.6 is 0 Å². The molecule has 6 heteroatoms. The summed E-state index contributed by atoms with van der Waals surface area (Å²) in [5.74, 6) is -1.49. The first-order chi connectivity index (χ1) is 10.3. The van der Waals surface area contributed by atoms with Crippen molar-refractivity contribution < 1.29 is 14.0 Å². The summed E-state index contributed by atoms with van der Waals surface area (Å²) >= 11 is 0. The number of halogens is 1. The molecule has 1 saturated heterocycles. The number of nitrogens with zero attached hydrogens (tertiary/aromatic N) is 1. The summed E-state index contributed by atoms with van der Waals surface area (Å²) in [6, 6.07) is 2.88. The minimum Gasteiger partial charge on any atom is -0.296 e. The van der Waals surface area contributed by atoms with Gasteiger partial charge in [-0.1, -0.05) is 20.8 Å². The summed E-state index contributed by atoms with van der Waals surface area (Å²) < 4.78 is 14.0. The van der Waals surface area contributed by atoms with Gasteiger partial charge in [0.25, 0.3) is 0 Å². The molecule has 22 heavy (non-hydrogen) atoms. The van der Waals surface area contributed by atoms with E-state index in [1.165, 1.54) is 12.1 Å². The third kappa shape index (κ3) is 2.38. The van der Waals surface area contributed by atoms with Crippen molar-refractivity contribution in [3.8, 4) is 0 Å². The normalized spacial score (nSPS) is 19.5. The standard InChI is InChI=1S/C16H18FN3O2/c1-16(2,3)11-7-8(17)6-10-13(19-20-14(10)11)9-4-5-12(21)18-15(9)22/h6-7,9H,4-5H2,1-3H3,(H,19,20)(H,18,21,22). The van der Waals surface area contributed by atoms with Gasteiger partial charge in [0.2, 0.25) is 11.8 Å². The van der Waals surface area contributed by atoms with E-state index < -0.39 is 5.92 Å². The summed E-state index contributed by atoms with van der Waals surface area (Å²) in [7, 11) is 0. The molecule has 0 saturated carbocycles. The molecule has 0 aliphatic carbocycles. The number of aromatic nitrogens is 2. The van der Waals surface area contributed by atoms with Gasteiger partial charge in [0.1, 0.15) is 5.82 Å². The van der Waals surface area contributed by atoms with Gasteiger partial charge in [0, 0.05) is 11.8 Å². The molecule has 3 rings (SSSR count). The summed E-state index contributed by atoms with van der Waals surface area (Å²) in [5.41, 5.74) is 1.77. The Kier molecular flexibility index (Phi) is 3.27. The molecular formula is C16H18FN3O2. The van der Waals surface area contributed by atoms with Crippen molar-refractivity contribution in [2.75, 3.05) is 0 Å². The number of imide groups is 1. The fourth-order valence-corrected chi connectivity index (χ4v) is 2.91. The van der Waals surface area contributed by atoms with Crippen LogP contribution in [0.1, 0.15) is 50.8 Å². The molecule has 2 aromatic rings. The number of fused-ring (bicyclic) bond motifs is 1. The van der Waals surface area contributed by atoms with E-state index in [0.29, 0.717) is 23.0 Å². The molecule has 1 aliphatic rings. The Balaban J connectivity index is 2.15. The Hall–Kier alpha value is -2.24. The maximum Gasteiger partial charge on any atom is 0.235 e. The number of nitrogens with one attached hydrogen (secondary N) is 2. The largest absolute Gasteiger partial charge is 0.296 e. The zero-order valence-corrected chi connectivity index (χ0v) is 12.8. The Morgan fingerprint density at radius 3 is 2.64 bits per heavy atom. The van der Waals surface area contributed by atoms with Crippen LogP contribution in [0.25, 0.3) is 10.9 Å². The van der Waals surface area contributed by atoms with Crippen molar-refractivity contribution in [3.05, 3.63) is 29.2 Å². The van der Waals surface area contributed by atoms with Crippen molar-refractivity contribution in [1.29, 1.82) is 0 Å². The lowest BCUT2D eigenvalue weighted by atomic mass is 9.84. The van der Waals surface area contributed by atoms with E-state index in [9.17, 15) is 14.0 Å². The van der Waals surface area contributed by atoms with Gasteiger partial charge in [-0.3, -0.25) is 20.0 Å². The topological polar surface area (TPSA) is 74.8 Å². The summed E-state index contributed by atoms with van der Waals surface area (Å²) in [6.45, 7) is 5.96. The molecule has 1 unspecified atom stereocenters. The molecule has 116 valence electrons. The van der Waals surface area contributed by atoms with E-state index in [1.807, 2.05) is 20.8 Å². The lowest BCUT2D eigenvalue weighted by molar-refractivity contribution is -0.134. The Morgan fingerprint density at radius 2 is 2.00 bits per heavy atom. The lowest BCUT2D eigenvalue weighted by Crippen LogP contribution is -2.39. The summed E-state index contributed by atoms with van der Waals surface area (Å²) in [4.78, 5) is 23.3. The number of benzene rings is 1. The summed E-state index contributed by atoms with van der Waals surface area (Å²) in [5, 5.41) is 10.1. The average molecular weight is 303 g/mol. The third-order valence-corrected chi connectivity index (χ3v) is 4.05. The lowest BCUT2D eigenvalue weighted by Gasteiger charge is -2.21. The predicted molar refractivity (Wildman–Crippen MR) is 79.9 cm³/mol. The first-order valence-corrected chi connectivity index (χ1v) is 7.29. The Morgan fingerprint density at radius 1 is 1.27 bits per heavy atom. The third-order valence-electron chi connectivity index (χ3n) is 4.05. The minimum absolute atomic E-state index is 0.266. The van der Waals surface area contributed by atoms with E-state index in [1.54, 1.807) is 0 Å². The van der Waals surface area contributed by atoms with Gasteiger partial charge in [0.05, 0.1) is 17.1 Å². The molecule has 1 fully saturated rings. The van der Waals surface area contributed by atoms with Crippen LogP contribution in [0, 0.1) is 5.82 Å². The van der Waals surface area contributed by atoms with Crippen LogP contribution in [0.3, 0.4) is 0 Å². The second-order valence-electron chi connectivity index (χ2n) is 6.74. The quantitative estimate of drug-likeness (QED) is 0.795. The molecule has 0 radical (unpaired) electrons. The smallest absolute Gasteiger partial charge is 0.235 e. The minimum atomic E-state index is -0.502. The maximum atomic E-state index is 14.0. The number of hydrogen-bond acceptors (Lipinski definition) is 3. The molecule has 1 aromatic heterocycles. The van der Waals surface area contributed by atoms with Crippen molar-refractivity contribution in [2.45, 2.75) is 44.9 Å². The number of amides is 2. The van der Waals surface area contributed by atoms with E-state index in [0.717, 1.165) is 5.56 Å². The van der Waals surface area contributed by atoms with Crippen LogP contribution in [-0.2, 0) is 15.0 Å². The van der Waals surface area contributed by atoms with E-state index >= 15 is 0 Å². The highest BCUT2D eigenvalue weighted by atomic mass is 19.1. The van der Waals surface area contributed by atoms with Gasteiger partial charge in [-0.2, -0.15) is 5.10 Å². The van der Waals surface area contributed by atoms with E-state index in [-0.39, 0.29) is 29.5 Å². The van der Waals surface area contributed by atoms with Gasteiger partial charge < -0.3 is 0 Å². The molecule has 5 nitrogen and oxygen atoms in total. The highest BCUT2D eigenvalue weighted by Gasteiger charge is 2.32. The Bertz CT molecular complexity index is 774. The molecule has 2 amide bonds. The van der Waals surface area contributed by atoms with Crippen LogP contribution in [0.5, 0.6) is 0 Å². The SMILES string of the molecule is CC(C)(C)c1cc(F)cc2c(C3CCC(=O)NC3=O)[nH]nc12. The molecular weight excluding hydrogens is 285 g/mol. The fourth-order valence-electron chi connectivity index (χ4n) is 2.91. The summed E-state index contributed by atoms with van der Waals surface area (Å²) in [6.07, 6.45) is 0.682. The number of aromatic amines is 1. The number of carbonyl (C=O) groups excluding carboxylic acids is 2. The molecule has 1 atom stereocenters. The maximum absolute atomic E-state index is 14.0.